The van der Waals surface area contributed by atoms with Crippen molar-refractivity contribution >= 4 is 39.1 Å². The molecule has 10 heteroatoms. The maximum absolute atomic E-state index is 13.4. The first-order valence-corrected chi connectivity index (χ1v) is 12.2. The van der Waals surface area contributed by atoms with Gasteiger partial charge in [0.15, 0.2) is 0 Å². The predicted octanol–water partition coefficient (Wildman–Crippen LogP) is 2.67. The summed E-state index contributed by atoms with van der Waals surface area (Å²) in [4.78, 5) is 27.3. The van der Waals surface area contributed by atoms with Crippen LogP contribution in [0.2, 0.25) is 5.02 Å². The van der Waals surface area contributed by atoms with Crippen LogP contribution in [0.1, 0.15) is 18.9 Å². The number of carbonyl (C=O) groups is 2. The van der Waals surface area contributed by atoms with Gasteiger partial charge < -0.3 is 15.0 Å². The van der Waals surface area contributed by atoms with Crippen molar-refractivity contribution in [2.75, 3.05) is 31.3 Å². The fourth-order valence-corrected chi connectivity index (χ4v) is 4.21. The molecule has 1 N–H and O–H groups in total. The number of rotatable bonds is 10. The van der Waals surface area contributed by atoms with Crippen molar-refractivity contribution in [3.63, 3.8) is 0 Å². The second-order valence-electron chi connectivity index (χ2n) is 7.15. The van der Waals surface area contributed by atoms with Gasteiger partial charge in [-0.1, -0.05) is 30.7 Å². The second kappa shape index (κ2) is 11.2. The quantitative estimate of drug-likeness (QED) is 0.562. The smallest absolute Gasteiger partial charge is 0.244 e. The fourth-order valence-electron chi connectivity index (χ4n) is 3.23. The van der Waals surface area contributed by atoms with Gasteiger partial charge in [0.25, 0.3) is 0 Å². The van der Waals surface area contributed by atoms with Crippen LogP contribution in [0, 0.1) is 0 Å². The molecule has 8 nitrogen and oxygen atoms in total. The number of amides is 2. The summed E-state index contributed by atoms with van der Waals surface area (Å²) in [6.45, 7) is 1.47. The average molecular weight is 482 g/mol. The van der Waals surface area contributed by atoms with E-state index in [0.29, 0.717) is 22.9 Å². The largest absolute Gasteiger partial charge is 0.497 e. The Balaban J connectivity index is 2.39. The summed E-state index contributed by atoms with van der Waals surface area (Å²) in [7, 11) is -0.721. The molecule has 0 saturated heterocycles. The lowest BCUT2D eigenvalue weighted by Gasteiger charge is -2.32. The number of benzene rings is 2. The Labute approximate surface area is 194 Å². The molecular formula is C22H28ClN3O5S. The van der Waals surface area contributed by atoms with Gasteiger partial charge in [-0.25, -0.2) is 8.42 Å². The third kappa shape index (κ3) is 6.61. The Morgan fingerprint density at radius 2 is 1.69 bits per heavy atom. The van der Waals surface area contributed by atoms with Crippen LogP contribution in [0.5, 0.6) is 5.75 Å². The predicted molar refractivity (Wildman–Crippen MR) is 125 cm³/mol. The maximum Gasteiger partial charge on any atom is 0.244 e. The second-order valence-corrected chi connectivity index (χ2v) is 9.50. The lowest BCUT2D eigenvalue weighted by Crippen LogP contribution is -2.51. The number of nitrogens with zero attached hydrogens (tertiary/aromatic N) is 2. The number of sulfonamides is 1. The van der Waals surface area contributed by atoms with Gasteiger partial charge >= 0.3 is 0 Å². The number of methoxy groups -OCH3 is 1. The van der Waals surface area contributed by atoms with Crippen LogP contribution in [0.3, 0.4) is 0 Å². The third-order valence-electron chi connectivity index (χ3n) is 4.94. The highest BCUT2D eigenvalue weighted by Crippen LogP contribution is 2.22. The summed E-state index contributed by atoms with van der Waals surface area (Å²) in [5.41, 5.74) is 1.08. The number of halogens is 1. The molecule has 0 fully saturated rings. The maximum atomic E-state index is 13.4. The van der Waals surface area contributed by atoms with Crippen molar-refractivity contribution in [2.45, 2.75) is 25.9 Å². The van der Waals surface area contributed by atoms with Gasteiger partial charge in [0.1, 0.15) is 18.3 Å². The van der Waals surface area contributed by atoms with Crippen molar-refractivity contribution in [1.29, 1.82) is 0 Å². The molecule has 0 aliphatic rings. The molecule has 2 aromatic carbocycles. The van der Waals surface area contributed by atoms with Gasteiger partial charge in [0.2, 0.25) is 21.8 Å². The Kier molecular flexibility index (Phi) is 8.91. The van der Waals surface area contributed by atoms with Gasteiger partial charge in [0.05, 0.1) is 19.1 Å². The van der Waals surface area contributed by atoms with Gasteiger partial charge in [-0.2, -0.15) is 0 Å². The van der Waals surface area contributed by atoms with E-state index < -0.39 is 28.5 Å². The van der Waals surface area contributed by atoms with Crippen LogP contribution in [-0.4, -0.2) is 58.1 Å². The van der Waals surface area contributed by atoms with Crippen LogP contribution in [0.4, 0.5) is 5.69 Å². The molecule has 0 heterocycles. The number of carbonyl (C=O) groups excluding carboxylic acids is 2. The van der Waals surface area contributed by atoms with Crippen LogP contribution >= 0.6 is 11.6 Å². The van der Waals surface area contributed by atoms with E-state index >= 15 is 0 Å². The first-order chi connectivity index (χ1) is 15.1. The zero-order valence-electron chi connectivity index (χ0n) is 18.5. The van der Waals surface area contributed by atoms with Crippen molar-refractivity contribution in [1.82, 2.24) is 10.2 Å². The average Bonchev–Trinajstić information content (AvgIpc) is 2.77. The minimum atomic E-state index is -3.77. The van der Waals surface area contributed by atoms with Gasteiger partial charge in [-0.3, -0.25) is 13.9 Å². The number of likely N-dealkylation sites (N-methyl/N-ethyl adjacent to an activating group) is 1. The molecule has 0 aliphatic carbocycles. The highest BCUT2D eigenvalue weighted by molar-refractivity contribution is 7.92. The van der Waals surface area contributed by atoms with E-state index in [4.69, 9.17) is 16.3 Å². The summed E-state index contributed by atoms with van der Waals surface area (Å²) in [5, 5.41) is 3.02. The molecule has 0 aromatic heterocycles. The Hall–Kier alpha value is -2.78. The minimum absolute atomic E-state index is 0.132. The standard InChI is InChI=1S/C22H28ClN3O5S/c1-5-20(22(28)24-2)25(14-16-6-12-19(31-3)13-7-16)21(27)15-26(32(4,29)30)18-10-8-17(23)9-11-18/h6-13,20H,5,14-15H2,1-4H3,(H,24,28)/t20-/m1/s1. The molecule has 2 amide bonds. The highest BCUT2D eigenvalue weighted by Gasteiger charge is 2.31. The zero-order valence-corrected chi connectivity index (χ0v) is 20.1. The first-order valence-electron chi connectivity index (χ1n) is 9.98. The normalized spacial score (nSPS) is 12.0. The molecule has 0 unspecified atom stereocenters. The molecule has 2 rings (SSSR count). The fraction of sp³-hybridized carbons (Fsp3) is 0.364. The summed E-state index contributed by atoms with van der Waals surface area (Å²) in [5.74, 6) is -0.167. The van der Waals surface area contributed by atoms with Gasteiger partial charge in [-0.15, -0.1) is 0 Å². The molecule has 0 radical (unpaired) electrons. The first kappa shape index (κ1) is 25.5. The lowest BCUT2D eigenvalue weighted by atomic mass is 10.1. The van der Waals surface area contributed by atoms with Gasteiger partial charge in [-0.05, 0) is 48.4 Å². The van der Waals surface area contributed by atoms with Crippen LogP contribution in [-0.2, 0) is 26.2 Å². The molecule has 0 bridgehead atoms. The SMILES string of the molecule is CC[C@H](C(=O)NC)N(Cc1ccc(OC)cc1)C(=O)CN(c1ccc(Cl)cc1)S(C)(=O)=O. The van der Waals surface area contributed by atoms with Crippen LogP contribution < -0.4 is 14.4 Å². The molecule has 0 aliphatic heterocycles. The van der Waals surface area contributed by atoms with E-state index in [2.05, 4.69) is 5.32 Å². The molecule has 2 aromatic rings. The highest BCUT2D eigenvalue weighted by atomic mass is 35.5. The summed E-state index contributed by atoms with van der Waals surface area (Å²) < 4.78 is 31.1. The molecule has 0 spiro atoms. The lowest BCUT2D eigenvalue weighted by molar-refractivity contribution is -0.140. The molecule has 174 valence electrons. The number of anilines is 1. The Morgan fingerprint density at radius 3 is 2.16 bits per heavy atom. The Morgan fingerprint density at radius 1 is 1.09 bits per heavy atom. The van der Waals surface area contributed by atoms with Crippen molar-refractivity contribution in [3.8, 4) is 5.75 Å². The molecule has 0 saturated carbocycles. The van der Waals surface area contributed by atoms with Crippen molar-refractivity contribution < 1.29 is 22.7 Å². The van der Waals surface area contributed by atoms with E-state index in [1.54, 1.807) is 50.4 Å². The van der Waals surface area contributed by atoms with Crippen LogP contribution in [0.15, 0.2) is 48.5 Å². The van der Waals surface area contributed by atoms with E-state index in [1.165, 1.54) is 24.1 Å². The van der Waals surface area contributed by atoms with Crippen molar-refractivity contribution in [2.24, 2.45) is 0 Å². The van der Waals surface area contributed by atoms with Crippen LogP contribution in [0.25, 0.3) is 0 Å². The van der Waals surface area contributed by atoms with E-state index in [9.17, 15) is 18.0 Å². The van der Waals surface area contributed by atoms with E-state index in [-0.39, 0.29) is 12.5 Å². The Bertz CT molecular complexity index is 1030. The van der Waals surface area contributed by atoms with Crippen molar-refractivity contribution in [3.05, 3.63) is 59.1 Å². The molecular weight excluding hydrogens is 454 g/mol. The van der Waals surface area contributed by atoms with E-state index in [0.717, 1.165) is 16.1 Å². The third-order valence-corrected chi connectivity index (χ3v) is 6.33. The van der Waals surface area contributed by atoms with Gasteiger partial charge in [0, 0.05) is 18.6 Å². The number of ether oxygens (including phenoxy) is 1. The topological polar surface area (TPSA) is 96.0 Å². The molecule has 1 atom stereocenters. The minimum Gasteiger partial charge on any atom is -0.497 e. The monoisotopic (exact) mass is 481 g/mol. The number of hydrogen-bond acceptors (Lipinski definition) is 5. The number of hydrogen-bond donors (Lipinski definition) is 1. The summed E-state index contributed by atoms with van der Waals surface area (Å²) in [6, 6.07) is 12.5. The summed E-state index contributed by atoms with van der Waals surface area (Å²) in [6.07, 6.45) is 1.39. The summed E-state index contributed by atoms with van der Waals surface area (Å²) >= 11 is 5.91. The zero-order chi connectivity index (χ0) is 23.9. The number of nitrogens with one attached hydrogen (secondary N) is 1. The molecule has 32 heavy (non-hydrogen) atoms. The van der Waals surface area contributed by atoms with E-state index in [1.807, 2.05) is 0 Å².